The van der Waals surface area contributed by atoms with Gasteiger partial charge >= 0.3 is 5.97 Å². The second-order valence-corrected chi connectivity index (χ2v) is 5.46. The van der Waals surface area contributed by atoms with Gasteiger partial charge < -0.3 is 15.2 Å². The molecule has 0 fully saturated rings. The molecule has 0 unspecified atom stereocenters. The van der Waals surface area contributed by atoms with E-state index in [1.807, 2.05) is 44.9 Å². The van der Waals surface area contributed by atoms with Crippen LogP contribution in [-0.2, 0) is 9.53 Å². The zero-order valence-electron chi connectivity index (χ0n) is 12.7. The summed E-state index contributed by atoms with van der Waals surface area (Å²) in [7, 11) is 1.90. The van der Waals surface area contributed by atoms with Crippen LogP contribution in [0.15, 0.2) is 24.3 Å². The highest BCUT2D eigenvalue weighted by atomic mass is 16.5. The van der Waals surface area contributed by atoms with Gasteiger partial charge in [-0.1, -0.05) is 0 Å². The second-order valence-electron chi connectivity index (χ2n) is 5.46. The number of hydrogen-bond donors (Lipinski definition) is 1. The van der Waals surface area contributed by atoms with Crippen LogP contribution in [0.25, 0.3) is 0 Å². The minimum atomic E-state index is -0.560. The first-order valence-corrected chi connectivity index (χ1v) is 6.69. The maximum absolute atomic E-state index is 11.8. The van der Waals surface area contributed by atoms with Crippen LogP contribution in [0.3, 0.4) is 0 Å². The van der Waals surface area contributed by atoms with Gasteiger partial charge in [-0.2, -0.15) is 0 Å². The van der Waals surface area contributed by atoms with Crippen molar-refractivity contribution < 1.29 is 14.3 Å². The van der Waals surface area contributed by atoms with E-state index in [0.717, 1.165) is 5.75 Å². The number of ether oxygens (including phenoxy) is 2. The van der Waals surface area contributed by atoms with Crippen molar-refractivity contribution >= 4 is 11.7 Å². The summed E-state index contributed by atoms with van der Waals surface area (Å²) < 4.78 is 10.7. The quantitative estimate of drug-likeness (QED) is 0.471. The molecule has 5 heteroatoms. The SMILES string of the molecule is CCOC(=O)C(C)(C)CN(C)COc1ccc(N)cc1. The Labute approximate surface area is 120 Å². The molecule has 0 aromatic heterocycles. The van der Waals surface area contributed by atoms with Crippen molar-refractivity contribution in [3.63, 3.8) is 0 Å². The van der Waals surface area contributed by atoms with Crippen LogP contribution in [0.5, 0.6) is 5.75 Å². The highest BCUT2D eigenvalue weighted by molar-refractivity contribution is 5.76. The molecule has 0 saturated carbocycles. The van der Waals surface area contributed by atoms with Gasteiger partial charge in [0.2, 0.25) is 0 Å². The predicted octanol–water partition coefficient (Wildman–Crippen LogP) is 2.13. The molecule has 1 aromatic carbocycles. The van der Waals surface area contributed by atoms with Gasteiger partial charge in [0.05, 0.1) is 12.0 Å². The van der Waals surface area contributed by atoms with Crippen LogP contribution >= 0.6 is 0 Å². The molecule has 0 heterocycles. The molecule has 0 saturated heterocycles. The summed E-state index contributed by atoms with van der Waals surface area (Å²) in [5.74, 6) is 0.555. The number of rotatable bonds is 7. The number of nitrogens with zero attached hydrogens (tertiary/aromatic N) is 1. The van der Waals surface area contributed by atoms with E-state index < -0.39 is 5.41 Å². The maximum Gasteiger partial charge on any atom is 0.312 e. The third kappa shape index (κ3) is 5.09. The molecule has 0 aliphatic rings. The normalized spacial score (nSPS) is 11.4. The maximum atomic E-state index is 11.8. The highest BCUT2D eigenvalue weighted by Gasteiger charge is 2.30. The topological polar surface area (TPSA) is 64.8 Å². The molecule has 2 N–H and O–H groups in total. The van der Waals surface area contributed by atoms with E-state index in [0.29, 0.717) is 25.6 Å². The van der Waals surface area contributed by atoms with Crippen molar-refractivity contribution in [1.82, 2.24) is 4.90 Å². The van der Waals surface area contributed by atoms with Gasteiger partial charge in [-0.25, -0.2) is 0 Å². The number of carbonyl (C=O) groups excluding carboxylic acids is 1. The third-order valence-electron chi connectivity index (χ3n) is 2.82. The lowest BCUT2D eigenvalue weighted by Gasteiger charge is -2.28. The minimum absolute atomic E-state index is 0.195. The van der Waals surface area contributed by atoms with Gasteiger partial charge in [-0.3, -0.25) is 9.69 Å². The molecule has 0 radical (unpaired) electrons. The summed E-state index contributed by atoms with van der Waals surface area (Å²) in [4.78, 5) is 13.7. The van der Waals surface area contributed by atoms with Crippen molar-refractivity contribution in [2.75, 3.05) is 32.7 Å². The summed E-state index contributed by atoms with van der Waals surface area (Å²) in [5, 5.41) is 0. The highest BCUT2D eigenvalue weighted by Crippen LogP contribution is 2.19. The molecule has 0 aliphatic carbocycles. The molecular weight excluding hydrogens is 256 g/mol. The summed E-state index contributed by atoms with van der Waals surface area (Å²) in [6, 6.07) is 7.22. The average molecular weight is 280 g/mol. The Morgan fingerprint density at radius 2 is 1.90 bits per heavy atom. The monoisotopic (exact) mass is 280 g/mol. The van der Waals surface area contributed by atoms with Crippen molar-refractivity contribution in [2.45, 2.75) is 20.8 Å². The molecule has 20 heavy (non-hydrogen) atoms. The van der Waals surface area contributed by atoms with E-state index in [2.05, 4.69) is 0 Å². The summed E-state index contributed by atoms with van der Waals surface area (Å²) >= 11 is 0. The van der Waals surface area contributed by atoms with E-state index >= 15 is 0 Å². The Kier molecular flexibility index (Phi) is 5.82. The lowest BCUT2D eigenvalue weighted by atomic mass is 9.93. The van der Waals surface area contributed by atoms with Crippen molar-refractivity contribution in [3.8, 4) is 5.75 Å². The van der Waals surface area contributed by atoms with Gasteiger partial charge in [-0.05, 0) is 52.1 Å². The zero-order chi connectivity index (χ0) is 15.2. The largest absolute Gasteiger partial charge is 0.478 e. The van der Waals surface area contributed by atoms with E-state index in [1.165, 1.54) is 0 Å². The summed E-state index contributed by atoms with van der Waals surface area (Å²) in [6.45, 7) is 6.89. The van der Waals surface area contributed by atoms with E-state index in [4.69, 9.17) is 15.2 Å². The minimum Gasteiger partial charge on any atom is -0.478 e. The van der Waals surface area contributed by atoms with E-state index in [-0.39, 0.29) is 5.97 Å². The summed E-state index contributed by atoms with van der Waals surface area (Å²) in [6.07, 6.45) is 0. The van der Waals surface area contributed by atoms with Gasteiger partial charge in [0.15, 0.2) is 0 Å². The Balaban J connectivity index is 2.44. The molecule has 0 atom stereocenters. The van der Waals surface area contributed by atoms with Gasteiger partial charge in [-0.15, -0.1) is 0 Å². The first kappa shape index (κ1) is 16.3. The number of hydrogen-bond acceptors (Lipinski definition) is 5. The van der Waals surface area contributed by atoms with E-state index in [9.17, 15) is 4.79 Å². The summed E-state index contributed by atoms with van der Waals surface area (Å²) in [5.41, 5.74) is 5.75. The fourth-order valence-electron chi connectivity index (χ4n) is 1.86. The van der Waals surface area contributed by atoms with Crippen LogP contribution in [0.4, 0.5) is 5.69 Å². The number of esters is 1. The Morgan fingerprint density at radius 3 is 2.45 bits per heavy atom. The number of nitrogen functional groups attached to an aromatic ring is 1. The van der Waals surface area contributed by atoms with Gasteiger partial charge in [0, 0.05) is 12.2 Å². The average Bonchev–Trinajstić information content (AvgIpc) is 2.38. The van der Waals surface area contributed by atoms with Crippen LogP contribution in [-0.4, -0.2) is 37.8 Å². The van der Waals surface area contributed by atoms with Crippen LogP contribution < -0.4 is 10.5 Å². The number of anilines is 1. The fourth-order valence-corrected chi connectivity index (χ4v) is 1.86. The predicted molar refractivity (Wildman–Crippen MR) is 79.4 cm³/mol. The Hall–Kier alpha value is -1.75. The fraction of sp³-hybridized carbons (Fsp3) is 0.533. The van der Waals surface area contributed by atoms with Crippen LogP contribution in [0, 0.1) is 5.41 Å². The van der Waals surface area contributed by atoms with Crippen LogP contribution in [0.1, 0.15) is 20.8 Å². The molecular formula is C15H24N2O3. The first-order valence-electron chi connectivity index (χ1n) is 6.69. The molecule has 0 aliphatic heterocycles. The van der Waals surface area contributed by atoms with Crippen LogP contribution in [0.2, 0.25) is 0 Å². The third-order valence-corrected chi connectivity index (χ3v) is 2.82. The smallest absolute Gasteiger partial charge is 0.312 e. The van der Waals surface area contributed by atoms with Crippen molar-refractivity contribution in [3.05, 3.63) is 24.3 Å². The Bertz CT molecular complexity index is 429. The molecule has 5 nitrogen and oxygen atoms in total. The molecule has 0 spiro atoms. The molecule has 112 valence electrons. The molecule has 1 aromatic rings. The van der Waals surface area contributed by atoms with Gasteiger partial charge in [0.25, 0.3) is 0 Å². The lowest BCUT2D eigenvalue weighted by Crippen LogP contribution is -2.39. The van der Waals surface area contributed by atoms with Crippen molar-refractivity contribution in [1.29, 1.82) is 0 Å². The Morgan fingerprint density at radius 1 is 1.30 bits per heavy atom. The van der Waals surface area contributed by atoms with Gasteiger partial charge in [0.1, 0.15) is 12.5 Å². The molecule has 0 bridgehead atoms. The lowest BCUT2D eigenvalue weighted by molar-refractivity contribution is -0.154. The number of carbonyl (C=O) groups is 1. The standard InChI is InChI=1S/C15H24N2O3/c1-5-19-14(18)15(2,3)10-17(4)11-20-13-8-6-12(16)7-9-13/h6-9H,5,10-11,16H2,1-4H3. The van der Waals surface area contributed by atoms with Crippen molar-refractivity contribution in [2.24, 2.45) is 5.41 Å². The zero-order valence-corrected chi connectivity index (χ0v) is 12.7. The number of benzene rings is 1. The van der Waals surface area contributed by atoms with E-state index in [1.54, 1.807) is 12.1 Å². The molecule has 0 amide bonds. The number of nitrogens with two attached hydrogens (primary N) is 1. The second kappa shape index (κ2) is 7.14. The molecule has 1 rings (SSSR count). The first-order chi connectivity index (χ1) is 9.35.